The highest BCUT2D eigenvalue weighted by Gasteiger charge is 2.41. The molecule has 0 spiro atoms. The largest absolute Gasteiger partial charge is 0.422 e. The molecule has 7 nitrogen and oxygen atoms in total. The summed E-state index contributed by atoms with van der Waals surface area (Å²) in [7, 11) is 0. The van der Waals surface area contributed by atoms with Crippen LogP contribution in [0, 0.1) is 11.3 Å². The molecule has 2 N–H and O–H groups in total. The first-order chi connectivity index (χ1) is 15.7. The van der Waals surface area contributed by atoms with Gasteiger partial charge in [0.05, 0.1) is 29.5 Å². The van der Waals surface area contributed by atoms with Gasteiger partial charge in [0.1, 0.15) is 11.6 Å². The van der Waals surface area contributed by atoms with Crippen molar-refractivity contribution >= 4 is 0 Å². The van der Waals surface area contributed by atoms with Crippen LogP contribution in [0.25, 0.3) is 5.69 Å². The van der Waals surface area contributed by atoms with E-state index < -0.39 is 0 Å². The Bertz CT molecular complexity index is 1200. The number of nitrogens with zero attached hydrogens (tertiary/aromatic N) is 5. The molecule has 0 radical (unpaired) electrons. The lowest BCUT2D eigenvalue weighted by atomic mass is 9.78. The first-order valence-electron chi connectivity index (χ1n) is 11.5. The second-order valence-electron chi connectivity index (χ2n) is 9.10. The molecule has 0 saturated heterocycles. The fourth-order valence-electron chi connectivity index (χ4n) is 5.22. The molecular formula is C25H26N6O. The summed E-state index contributed by atoms with van der Waals surface area (Å²) in [6, 6.07) is 11.0. The van der Waals surface area contributed by atoms with Gasteiger partial charge in [-0.2, -0.15) is 10.4 Å². The summed E-state index contributed by atoms with van der Waals surface area (Å²) < 4.78 is 10.1. The zero-order chi connectivity index (χ0) is 21.7. The highest BCUT2D eigenvalue weighted by molar-refractivity contribution is 5.57. The molecular weight excluding hydrogens is 400 g/mol. The van der Waals surface area contributed by atoms with Crippen molar-refractivity contribution in [3.63, 3.8) is 0 Å². The van der Waals surface area contributed by atoms with Crippen LogP contribution in [0.15, 0.2) is 54.4 Å². The molecule has 2 saturated carbocycles. The SMILES string of the molecule is N#CC1=C(N)Oc2c(c(C3CCCCC3)nn2C2CC2)C1c1ccc(-n2ccnc2)cc1. The van der Waals surface area contributed by atoms with Gasteiger partial charge in [-0.15, -0.1) is 0 Å². The normalized spacial score (nSPS) is 21.2. The van der Waals surface area contributed by atoms with E-state index in [4.69, 9.17) is 15.6 Å². The Morgan fingerprint density at radius 3 is 2.50 bits per heavy atom. The second kappa shape index (κ2) is 7.56. The van der Waals surface area contributed by atoms with Crippen LogP contribution >= 0.6 is 0 Å². The Morgan fingerprint density at radius 2 is 1.84 bits per heavy atom. The van der Waals surface area contributed by atoms with E-state index in [0.29, 0.717) is 17.5 Å². The molecule has 6 rings (SSSR count). The minimum absolute atomic E-state index is 0.195. The van der Waals surface area contributed by atoms with Crippen molar-refractivity contribution in [3.05, 3.63) is 71.3 Å². The van der Waals surface area contributed by atoms with Gasteiger partial charge < -0.3 is 15.0 Å². The molecule has 3 aromatic rings. The van der Waals surface area contributed by atoms with Gasteiger partial charge in [-0.05, 0) is 43.4 Å². The second-order valence-corrected chi connectivity index (χ2v) is 9.10. The summed E-state index contributed by atoms with van der Waals surface area (Å²) in [4.78, 5) is 4.13. The molecule has 2 fully saturated rings. The molecule has 1 unspecified atom stereocenters. The van der Waals surface area contributed by atoms with Crippen molar-refractivity contribution in [1.29, 1.82) is 5.26 Å². The number of ether oxygens (including phenoxy) is 1. The van der Waals surface area contributed by atoms with Crippen molar-refractivity contribution in [2.24, 2.45) is 5.73 Å². The van der Waals surface area contributed by atoms with Crippen molar-refractivity contribution in [2.45, 2.75) is 62.8 Å². The monoisotopic (exact) mass is 426 g/mol. The summed E-state index contributed by atoms with van der Waals surface area (Å²) in [5.74, 6) is 1.09. The molecule has 1 aliphatic heterocycles. The maximum atomic E-state index is 10.0. The quantitative estimate of drug-likeness (QED) is 0.654. The lowest BCUT2D eigenvalue weighted by Gasteiger charge is -2.27. The molecule has 3 heterocycles. The van der Waals surface area contributed by atoms with E-state index in [1.165, 1.54) is 19.3 Å². The highest BCUT2D eigenvalue weighted by atomic mass is 16.5. The number of hydrogen-bond donors (Lipinski definition) is 1. The van der Waals surface area contributed by atoms with Crippen LogP contribution in [-0.4, -0.2) is 19.3 Å². The predicted octanol–water partition coefficient (Wildman–Crippen LogP) is 4.67. The Kier molecular flexibility index (Phi) is 4.53. The van der Waals surface area contributed by atoms with Gasteiger partial charge in [0.25, 0.3) is 0 Å². The molecule has 7 heteroatoms. The van der Waals surface area contributed by atoms with E-state index in [0.717, 1.165) is 54.1 Å². The summed E-state index contributed by atoms with van der Waals surface area (Å²) in [5, 5.41) is 15.1. The number of benzene rings is 1. The summed E-state index contributed by atoms with van der Waals surface area (Å²) in [5.41, 5.74) is 11.0. The zero-order valence-electron chi connectivity index (χ0n) is 17.9. The first-order valence-corrected chi connectivity index (χ1v) is 11.5. The van der Waals surface area contributed by atoms with Crippen LogP contribution < -0.4 is 10.5 Å². The molecule has 2 aromatic heterocycles. The number of fused-ring (bicyclic) bond motifs is 1. The van der Waals surface area contributed by atoms with E-state index in [-0.39, 0.29) is 11.8 Å². The third-order valence-electron chi connectivity index (χ3n) is 7.01. The maximum absolute atomic E-state index is 10.0. The number of rotatable bonds is 4. The predicted molar refractivity (Wildman–Crippen MR) is 119 cm³/mol. The summed E-state index contributed by atoms with van der Waals surface area (Å²) in [6.45, 7) is 0. The smallest absolute Gasteiger partial charge is 0.224 e. The van der Waals surface area contributed by atoms with Crippen molar-refractivity contribution in [1.82, 2.24) is 19.3 Å². The van der Waals surface area contributed by atoms with Crippen LogP contribution in [0.3, 0.4) is 0 Å². The molecule has 0 amide bonds. The van der Waals surface area contributed by atoms with Gasteiger partial charge in [-0.25, -0.2) is 9.67 Å². The summed E-state index contributed by atoms with van der Waals surface area (Å²) >= 11 is 0. The van der Waals surface area contributed by atoms with Gasteiger partial charge in [-0.1, -0.05) is 31.4 Å². The third-order valence-corrected chi connectivity index (χ3v) is 7.01. The van der Waals surface area contributed by atoms with Crippen molar-refractivity contribution in [3.8, 4) is 17.6 Å². The fourth-order valence-corrected chi connectivity index (χ4v) is 5.22. The van der Waals surface area contributed by atoms with Crippen molar-refractivity contribution in [2.75, 3.05) is 0 Å². The number of imidazole rings is 1. The molecule has 32 heavy (non-hydrogen) atoms. The average molecular weight is 427 g/mol. The Hall–Kier alpha value is -3.53. The molecule has 3 aliphatic rings. The number of nitrogens with two attached hydrogens (primary N) is 1. The fraction of sp³-hybridized carbons (Fsp3) is 0.400. The lowest BCUT2D eigenvalue weighted by molar-refractivity contribution is 0.347. The molecule has 1 aromatic carbocycles. The van der Waals surface area contributed by atoms with Gasteiger partial charge in [0.15, 0.2) is 0 Å². The number of hydrogen-bond acceptors (Lipinski definition) is 5. The Balaban J connectivity index is 1.50. The molecule has 162 valence electrons. The maximum Gasteiger partial charge on any atom is 0.224 e. The van der Waals surface area contributed by atoms with E-state index in [9.17, 15) is 5.26 Å². The Morgan fingerprint density at radius 1 is 1.06 bits per heavy atom. The van der Waals surface area contributed by atoms with E-state index in [2.05, 4.69) is 35.3 Å². The van der Waals surface area contributed by atoms with E-state index >= 15 is 0 Å². The molecule has 0 bridgehead atoms. The zero-order valence-corrected chi connectivity index (χ0v) is 17.9. The van der Waals surface area contributed by atoms with Gasteiger partial charge in [-0.3, -0.25) is 0 Å². The third kappa shape index (κ3) is 3.10. The van der Waals surface area contributed by atoms with Crippen molar-refractivity contribution < 1.29 is 4.74 Å². The minimum Gasteiger partial charge on any atom is -0.422 e. The van der Waals surface area contributed by atoms with E-state index in [1.807, 2.05) is 15.4 Å². The standard InChI is InChI=1S/C25H26N6O/c26-14-20-21(16-6-8-18(9-7-16)30-13-12-28-15-30)22-23(17-4-2-1-3-5-17)29-31(19-10-11-19)25(22)32-24(20)27/h6-9,12-13,15,17,19,21H,1-5,10-11,27H2. The minimum atomic E-state index is -0.259. The highest BCUT2D eigenvalue weighted by Crippen LogP contribution is 2.51. The van der Waals surface area contributed by atoms with Crippen LogP contribution in [0.1, 0.15) is 79.6 Å². The van der Waals surface area contributed by atoms with Crippen LogP contribution in [-0.2, 0) is 0 Å². The first kappa shape index (κ1) is 19.2. The number of nitriles is 1. The topological polar surface area (TPSA) is 94.7 Å². The summed E-state index contributed by atoms with van der Waals surface area (Å²) in [6.07, 6.45) is 13.7. The van der Waals surface area contributed by atoms with Gasteiger partial charge in [0, 0.05) is 24.0 Å². The lowest BCUT2D eigenvalue weighted by Crippen LogP contribution is -2.23. The van der Waals surface area contributed by atoms with Gasteiger partial charge >= 0.3 is 0 Å². The Labute approximate surface area is 187 Å². The van der Waals surface area contributed by atoms with Crippen LogP contribution in [0.2, 0.25) is 0 Å². The van der Waals surface area contributed by atoms with Crippen LogP contribution in [0.5, 0.6) is 5.88 Å². The molecule has 1 atom stereocenters. The van der Waals surface area contributed by atoms with Crippen LogP contribution in [0.4, 0.5) is 0 Å². The number of aromatic nitrogens is 4. The van der Waals surface area contributed by atoms with Gasteiger partial charge in [0.2, 0.25) is 11.8 Å². The average Bonchev–Trinajstić information content (AvgIpc) is 3.39. The number of allylic oxidation sites excluding steroid dienone is 1. The molecule has 2 aliphatic carbocycles. The van der Waals surface area contributed by atoms with E-state index in [1.54, 1.807) is 12.5 Å².